The maximum atomic E-state index is 11.9. The Balaban J connectivity index is 2.20. The monoisotopic (exact) mass is 272 g/mol. The lowest BCUT2D eigenvalue weighted by atomic mass is 10.1. The van der Waals surface area contributed by atoms with Crippen molar-refractivity contribution >= 4 is 17.3 Å². The summed E-state index contributed by atoms with van der Waals surface area (Å²) in [5.41, 5.74) is 2.85. The van der Waals surface area contributed by atoms with Crippen LogP contribution < -0.4 is 15.5 Å². The van der Waals surface area contributed by atoms with E-state index in [2.05, 4.69) is 16.7 Å². The van der Waals surface area contributed by atoms with Crippen molar-refractivity contribution in [2.75, 3.05) is 30.4 Å². The molecule has 2 N–H and O–H groups in total. The first-order valence-electron chi connectivity index (χ1n) is 6.85. The van der Waals surface area contributed by atoms with Crippen LogP contribution in [0.5, 0.6) is 0 Å². The number of benzene rings is 1. The third-order valence-corrected chi connectivity index (χ3v) is 3.49. The number of hydrogen-bond donors (Lipinski definition) is 2. The quantitative estimate of drug-likeness (QED) is 0.859. The molecular formula is C15H20N4O. The standard InChI is InChI=1S/C15H20N4O/c1-4-17-14-12-6-5-11(7-13(12)18-15(14)20)19(3)9-10(2)8-16/h5-7,10,14,17H,4,9H2,1-3H3,(H,18,20). The highest BCUT2D eigenvalue weighted by atomic mass is 16.2. The van der Waals surface area contributed by atoms with Gasteiger partial charge in [0, 0.05) is 30.5 Å². The fourth-order valence-electron chi connectivity index (χ4n) is 2.45. The molecule has 2 atom stereocenters. The van der Waals surface area contributed by atoms with E-state index in [1.807, 2.05) is 44.0 Å². The van der Waals surface area contributed by atoms with E-state index in [9.17, 15) is 4.79 Å². The van der Waals surface area contributed by atoms with Gasteiger partial charge in [0.1, 0.15) is 6.04 Å². The smallest absolute Gasteiger partial charge is 0.246 e. The molecule has 0 aliphatic carbocycles. The number of rotatable bonds is 5. The number of amides is 1. The highest BCUT2D eigenvalue weighted by Crippen LogP contribution is 2.33. The number of hydrogen-bond acceptors (Lipinski definition) is 4. The zero-order chi connectivity index (χ0) is 14.7. The molecule has 0 radical (unpaired) electrons. The third-order valence-electron chi connectivity index (χ3n) is 3.49. The van der Waals surface area contributed by atoms with Gasteiger partial charge in [0.2, 0.25) is 5.91 Å². The van der Waals surface area contributed by atoms with Crippen molar-refractivity contribution in [1.29, 1.82) is 5.26 Å². The number of nitrogens with zero attached hydrogens (tertiary/aromatic N) is 2. The van der Waals surface area contributed by atoms with Crippen molar-refractivity contribution in [2.24, 2.45) is 5.92 Å². The van der Waals surface area contributed by atoms with E-state index in [1.54, 1.807) is 0 Å². The largest absolute Gasteiger partial charge is 0.373 e. The van der Waals surface area contributed by atoms with Crippen LogP contribution in [-0.2, 0) is 4.79 Å². The predicted octanol–water partition coefficient (Wildman–Crippen LogP) is 1.89. The number of nitriles is 1. The molecule has 1 aromatic carbocycles. The molecule has 106 valence electrons. The summed E-state index contributed by atoms with van der Waals surface area (Å²) in [4.78, 5) is 13.9. The minimum Gasteiger partial charge on any atom is -0.373 e. The minimum atomic E-state index is -0.257. The maximum absolute atomic E-state index is 11.9. The van der Waals surface area contributed by atoms with Crippen LogP contribution in [0.2, 0.25) is 0 Å². The minimum absolute atomic E-state index is 0.00736. The molecule has 1 aliphatic heterocycles. The normalized spacial score (nSPS) is 18.1. The zero-order valence-corrected chi connectivity index (χ0v) is 12.1. The van der Waals surface area contributed by atoms with Crippen molar-refractivity contribution in [1.82, 2.24) is 5.32 Å². The van der Waals surface area contributed by atoms with Crippen molar-refractivity contribution in [2.45, 2.75) is 19.9 Å². The van der Waals surface area contributed by atoms with Gasteiger partial charge in [-0.15, -0.1) is 0 Å². The summed E-state index contributed by atoms with van der Waals surface area (Å²) in [6.07, 6.45) is 0. The highest BCUT2D eigenvalue weighted by Gasteiger charge is 2.29. The Kier molecular flexibility index (Phi) is 4.26. The van der Waals surface area contributed by atoms with Gasteiger partial charge in [0.15, 0.2) is 0 Å². The highest BCUT2D eigenvalue weighted by molar-refractivity contribution is 6.03. The Bertz CT molecular complexity index is 549. The predicted molar refractivity (Wildman–Crippen MR) is 79.5 cm³/mol. The van der Waals surface area contributed by atoms with E-state index in [-0.39, 0.29) is 17.9 Å². The van der Waals surface area contributed by atoms with Crippen molar-refractivity contribution < 1.29 is 4.79 Å². The molecule has 0 fully saturated rings. The number of carbonyl (C=O) groups is 1. The maximum Gasteiger partial charge on any atom is 0.246 e. The summed E-state index contributed by atoms with van der Waals surface area (Å²) in [5.74, 6) is -0.0376. The van der Waals surface area contributed by atoms with E-state index in [0.29, 0.717) is 6.54 Å². The van der Waals surface area contributed by atoms with Gasteiger partial charge in [-0.25, -0.2) is 0 Å². The Morgan fingerprint density at radius 3 is 2.95 bits per heavy atom. The number of fused-ring (bicyclic) bond motifs is 1. The first-order chi connectivity index (χ1) is 9.56. The molecule has 1 aromatic rings. The van der Waals surface area contributed by atoms with Crippen LogP contribution in [-0.4, -0.2) is 26.0 Å². The Morgan fingerprint density at radius 1 is 1.55 bits per heavy atom. The number of anilines is 2. The van der Waals surface area contributed by atoms with Gasteiger partial charge in [0.25, 0.3) is 0 Å². The number of likely N-dealkylation sites (N-methyl/N-ethyl adjacent to an activating group) is 1. The molecule has 1 heterocycles. The molecule has 1 aliphatic rings. The van der Waals surface area contributed by atoms with E-state index in [0.717, 1.165) is 23.5 Å². The van der Waals surface area contributed by atoms with Gasteiger partial charge in [-0.2, -0.15) is 5.26 Å². The van der Waals surface area contributed by atoms with Crippen molar-refractivity contribution in [3.05, 3.63) is 23.8 Å². The SMILES string of the molecule is CCNC1C(=O)Nc2cc(N(C)CC(C)C#N)ccc21. The zero-order valence-electron chi connectivity index (χ0n) is 12.1. The van der Waals surface area contributed by atoms with E-state index in [4.69, 9.17) is 5.26 Å². The van der Waals surface area contributed by atoms with Gasteiger partial charge >= 0.3 is 0 Å². The van der Waals surface area contributed by atoms with Crippen LogP contribution in [0.4, 0.5) is 11.4 Å². The molecule has 2 unspecified atom stereocenters. The Morgan fingerprint density at radius 2 is 2.30 bits per heavy atom. The topological polar surface area (TPSA) is 68.2 Å². The molecule has 0 spiro atoms. The number of carbonyl (C=O) groups excluding carboxylic acids is 1. The molecule has 5 heteroatoms. The van der Waals surface area contributed by atoms with Crippen LogP contribution in [0.3, 0.4) is 0 Å². The van der Waals surface area contributed by atoms with Crippen LogP contribution in [0, 0.1) is 17.2 Å². The molecule has 1 amide bonds. The Labute approximate surface area is 119 Å². The van der Waals surface area contributed by atoms with Crippen LogP contribution in [0.1, 0.15) is 25.5 Å². The van der Waals surface area contributed by atoms with Gasteiger partial charge in [-0.05, 0) is 25.6 Å². The second-order valence-electron chi connectivity index (χ2n) is 5.16. The summed E-state index contributed by atoms with van der Waals surface area (Å²) >= 11 is 0. The summed E-state index contributed by atoms with van der Waals surface area (Å²) in [7, 11) is 1.95. The van der Waals surface area contributed by atoms with E-state index >= 15 is 0 Å². The van der Waals surface area contributed by atoms with Gasteiger partial charge in [-0.3, -0.25) is 4.79 Å². The molecule has 20 heavy (non-hydrogen) atoms. The fourth-order valence-corrected chi connectivity index (χ4v) is 2.45. The second-order valence-corrected chi connectivity index (χ2v) is 5.16. The van der Waals surface area contributed by atoms with E-state index < -0.39 is 0 Å². The summed E-state index contributed by atoms with van der Waals surface area (Å²) in [6, 6.07) is 7.91. The van der Waals surface area contributed by atoms with E-state index in [1.165, 1.54) is 0 Å². The van der Waals surface area contributed by atoms with Gasteiger partial charge in [0.05, 0.1) is 12.0 Å². The first kappa shape index (κ1) is 14.4. The lowest BCUT2D eigenvalue weighted by Crippen LogP contribution is -2.27. The Hall–Kier alpha value is -2.06. The average Bonchev–Trinajstić information content (AvgIpc) is 2.74. The average molecular weight is 272 g/mol. The molecule has 0 aromatic heterocycles. The molecule has 0 bridgehead atoms. The van der Waals surface area contributed by atoms with Crippen LogP contribution >= 0.6 is 0 Å². The molecule has 2 rings (SSSR count). The summed E-state index contributed by atoms with van der Waals surface area (Å²) in [5, 5.41) is 14.9. The fraction of sp³-hybridized carbons (Fsp3) is 0.467. The summed E-state index contributed by atoms with van der Waals surface area (Å²) < 4.78 is 0. The molecular weight excluding hydrogens is 252 g/mol. The second kappa shape index (κ2) is 5.93. The third kappa shape index (κ3) is 2.75. The van der Waals surface area contributed by atoms with Crippen molar-refractivity contribution in [3.63, 3.8) is 0 Å². The lowest BCUT2D eigenvalue weighted by Gasteiger charge is -2.21. The first-order valence-corrected chi connectivity index (χ1v) is 6.85. The van der Waals surface area contributed by atoms with Crippen LogP contribution in [0.25, 0.3) is 0 Å². The molecule has 0 saturated carbocycles. The summed E-state index contributed by atoms with van der Waals surface area (Å²) in [6.45, 7) is 5.29. The molecule has 0 saturated heterocycles. The molecule has 5 nitrogen and oxygen atoms in total. The van der Waals surface area contributed by atoms with Gasteiger partial charge in [-0.1, -0.05) is 13.0 Å². The van der Waals surface area contributed by atoms with Crippen molar-refractivity contribution in [3.8, 4) is 6.07 Å². The number of nitrogens with one attached hydrogen (secondary N) is 2. The lowest BCUT2D eigenvalue weighted by molar-refractivity contribution is -0.117. The van der Waals surface area contributed by atoms with Crippen LogP contribution in [0.15, 0.2) is 18.2 Å². The van der Waals surface area contributed by atoms with Gasteiger partial charge < -0.3 is 15.5 Å².